The zero-order valence-electron chi connectivity index (χ0n) is 8.69. The molecular weight excluding hydrogens is 188 g/mol. The Bertz CT molecular complexity index is 500. The lowest BCUT2D eigenvalue weighted by molar-refractivity contribution is 0.562. The van der Waals surface area contributed by atoms with Gasteiger partial charge in [0.2, 0.25) is 6.29 Å². The van der Waals surface area contributed by atoms with E-state index >= 15 is 0 Å². The zero-order chi connectivity index (χ0) is 10.8. The van der Waals surface area contributed by atoms with E-state index in [0.29, 0.717) is 5.56 Å². The molecule has 1 radical (unpaired) electrons. The highest BCUT2D eigenvalue weighted by atomic mass is 16.1. The first-order chi connectivity index (χ1) is 7.20. The quantitative estimate of drug-likeness (QED) is 0.740. The Morgan fingerprint density at radius 2 is 2.07 bits per heavy atom. The number of rotatable bonds is 2. The molecule has 0 spiro atoms. The van der Waals surface area contributed by atoms with E-state index in [1.54, 1.807) is 12.1 Å². The predicted octanol–water partition coefficient (Wildman–Crippen LogP) is 1.95. The van der Waals surface area contributed by atoms with Crippen LogP contribution in [0.4, 0.5) is 0 Å². The smallest absolute Gasteiger partial charge is 0.233 e. The van der Waals surface area contributed by atoms with Gasteiger partial charge in [-0.1, -0.05) is 12.1 Å². The molecule has 2 aromatic rings. The van der Waals surface area contributed by atoms with Crippen molar-refractivity contribution in [2.24, 2.45) is 0 Å². The maximum absolute atomic E-state index is 10.5. The second kappa shape index (κ2) is 3.69. The van der Waals surface area contributed by atoms with Gasteiger partial charge in [-0.05, 0) is 32.0 Å². The van der Waals surface area contributed by atoms with Crippen molar-refractivity contribution in [1.29, 1.82) is 0 Å². The molecule has 15 heavy (non-hydrogen) atoms. The van der Waals surface area contributed by atoms with E-state index in [4.69, 9.17) is 0 Å². The normalized spacial score (nSPS) is 10.3. The number of hydrogen-bond acceptors (Lipinski definition) is 2. The Hall–Kier alpha value is -1.90. The third-order valence-corrected chi connectivity index (χ3v) is 2.22. The van der Waals surface area contributed by atoms with Crippen molar-refractivity contribution < 1.29 is 4.79 Å². The molecule has 0 N–H and O–H groups in total. The molecule has 1 aromatic heterocycles. The fourth-order valence-electron chi connectivity index (χ4n) is 1.59. The van der Waals surface area contributed by atoms with Crippen LogP contribution in [-0.4, -0.2) is 16.1 Å². The number of aryl methyl sites for hydroxylation is 2. The highest BCUT2D eigenvalue weighted by molar-refractivity contribution is 5.76. The highest BCUT2D eigenvalue weighted by Crippen LogP contribution is 2.12. The minimum absolute atomic E-state index is 0.542. The summed E-state index contributed by atoms with van der Waals surface area (Å²) in [5.41, 5.74) is 3.45. The maximum atomic E-state index is 10.5. The van der Waals surface area contributed by atoms with Crippen molar-refractivity contribution >= 4 is 6.29 Å². The van der Waals surface area contributed by atoms with E-state index in [1.165, 1.54) is 0 Å². The van der Waals surface area contributed by atoms with Gasteiger partial charge in [-0.15, -0.1) is 0 Å². The van der Waals surface area contributed by atoms with Crippen LogP contribution in [0.3, 0.4) is 0 Å². The van der Waals surface area contributed by atoms with Gasteiger partial charge in [-0.25, -0.2) is 4.68 Å². The van der Waals surface area contributed by atoms with Gasteiger partial charge in [0.05, 0.1) is 11.4 Å². The number of benzene rings is 1. The molecule has 3 heteroatoms. The fraction of sp³-hybridized carbons (Fsp3) is 0.167. The van der Waals surface area contributed by atoms with E-state index < -0.39 is 0 Å². The molecule has 3 nitrogen and oxygen atoms in total. The molecule has 0 amide bonds. The molecule has 2 rings (SSSR count). The van der Waals surface area contributed by atoms with E-state index in [0.717, 1.165) is 17.1 Å². The van der Waals surface area contributed by atoms with Crippen molar-refractivity contribution in [2.45, 2.75) is 13.8 Å². The average molecular weight is 199 g/mol. The molecule has 0 aliphatic rings. The van der Waals surface area contributed by atoms with Gasteiger partial charge >= 0.3 is 0 Å². The topological polar surface area (TPSA) is 34.9 Å². The van der Waals surface area contributed by atoms with Gasteiger partial charge in [0.15, 0.2) is 0 Å². The molecule has 0 bridgehead atoms. The largest absolute Gasteiger partial charge is 0.285 e. The molecule has 0 saturated heterocycles. The van der Waals surface area contributed by atoms with Crippen molar-refractivity contribution in [3.63, 3.8) is 0 Å². The minimum atomic E-state index is 0.542. The predicted molar refractivity (Wildman–Crippen MR) is 57.8 cm³/mol. The Morgan fingerprint density at radius 3 is 2.67 bits per heavy atom. The van der Waals surface area contributed by atoms with Gasteiger partial charge in [0.25, 0.3) is 0 Å². The van der Waals surface area contributed by atoms with Crippen LogP contribution in [0.25, 0.3) is 5.69 Å². The third kappa shape index (κ3) is 1.81. The van der Waals surface area contributed by atoms with Crippen LogP contribution >= 0.6 is 0 Å². The van der Waals surface area contributed by atoms with Crippen LogP contribution in [-0.2, 0) is 4.79 Å². The van der Waals surface area contributed by atoms with Gasteiger partial charge in [-0.3, -0.25) is 4.79 Å². The van der Waals surface area contributed by atoms with Gasteiger partial charge < -0.3 is 0 Å². The highest BCUT2D eigenvalue weighted by Gasteiger charge is 2.03. The molecular formula is C12H11N2O. The van der Waals surface area contributed by atoms with Crippen LogP contribution < -0.4 is 0 Å². The summed E-state index contributed by atoms with van der Waals surface area (Å²) in [6, 6.07) is 9.23. The summed E-state index contributed by atoms with van der Waals surface area (Å²) in [4.78, 5) is 10.5. The van der Waals surface area contributed by atoms with Crippen LogP contribution in [0.2, 0.25) is 0 Å². The fourth-order valence-corrected chi connectivity index (χ4v) is 1.59. The molecule has 75 valence electrons. The molecule has 0 aliphatic carbocycles. The SMILES string of the molecule is Cc1cc(C)n(-c2cccc([C]=O)c2)n1. The summed E-state index contributed by atoms with van der Waals surface area (Å²) >= 11 is 0. The average Bonchev–Trinajstić information content (AvgIpc) is 2.58. The number of hydrogen-bond donors (Lipinski definition) is 0. The van der Waals surface area contributed by atoms with Crippen LogP contribution in [0.15, 0.2) is 30.3 Å². The monoisotopic (exact) mass is 199 g/mol. The summed E-state index contributed by atoms with van der Waals surface area (Å²) in [5, 5.41) is 4.34. The summed E-state index contributed by atoms with van der Waals surface area (Å²) in [6.45, 7) is 3.93. The van der Waals surface area contributed by atoms with E-state index in [1.807, 2.05) is 43.0 Å². The number of carbonyl (C=O) groups excluding carboxylic acids is 1. The zero-order valence-corrected chi connectivity index (χ0v) is 8.69. The lowest BCUT2D eigenvalue weighted by Gasteiger charge is -2.03. The molecule has 1 aromatic carbocycles. The van der Waals surface area contributed by atoms with E-state index in [9.17, 15) is 4.79 Å². The first kappa shape index (κ1) is 9.65. The minimum Gasteiger partial charge on any atom is -0.285 e. The summed E-state index contributed by atoms with van der Waals surface area (Å²) in [6.07, 6.45) is 1.87. The molecule has 0 aliphatic heterocycles. The first-order valence-electron chi connectivity index (χ1n) is 4.72. The number of aromatic nitrogens is 2. The molecule has 0 atom stereocenters. The van der Waals surface area contributed by atoms with Crippen molar-refractivity contribution in [2.75, 3.05) is 0 Å². The second-order valence-electron chi connectivity index (χ2n) is 3.49. The lowest BCUT2D eigenvalue weighted by atomic mass is 10.2. The number of nitrogens with zero attached hydrogens (tertiary/aromatic N) is 2. The van der Waals surface area contributed by atoms with Gasteiger partial charge in [-0.2, -0.15) is 5.10 Å². The van der Waals surface area contributed by atoms with Gasteiger partial charge in [0.1, 0.15) is 0 Å². The lowest BCUT2D eigenvalue weighted by Crippen LogP contribution is -1.99. The summed E-state index contributed by atoms with van der Waals surface area (Å²) < 4.78 is 1.82. The maximum Gasteiger partial charge on any atom is 0.233 e. The third-order valence-electron chi connectivity index (χ3n) is 2.22. The van der Waals surface area contributed by atoms with Crippen LogP contribution in [0.1, 0.15) is 17.0 Å². The van der Waals surface area contributed by atoms with Crippen molar-refractivity contribution in [1.82, 2.24) is 9.78 Å². The van der Waals surface area contributed by atoms with Crippen molar-refractivity contribution in [3.8, 4) is 5.69 Å². The van der Waals surface area contributed by atoms with Crippen molar-refractivity contribution in [3.05, 3.63) is 47.3 Å². The van der Waals surface area contributed by atoms with Crippen LogP contribution in [0.5, 0.6) is 0 Å². The Kier molecular flexibility index (Phi) is 2.37. The summed E-state index contributed by atoms with van der Waals surface area (Å²) in [5.74, 6) is 0. The van der Waals surface area contributed by atoms with E-state index in [2.05, 4.69) is 5.10 Å². The Balaban J connectivity index is 2.53. The van der Waals surface area contributed by atoms with Gasteiger partial charge in [0, 0.05) is 11.3 Å². The summed E-state index contributed by atoms with van der Waals surface area (Å²) in [7, 11) is 0. The Morgan fingerprint density at radius 1 is 1.27 bits per heavy atom. The molecule has 0 fully saturated rings. The second-order valence-corrected chi connectivity index (χ2v) is 3.49. The Labute approximate surface area is 88.4 Å². The molecule has 0 unspecified atom stereocenters. The standard InChI is InChI=1S/C12H11N2O/c1-9-6-10(2)14(13-9)12-5-3-4-11(7-12)8-15/h3-7H,1-2H3. The molecule has 1 heterocycles. The first-order valence-corrected chi connectivity index (χ1v) is 4.72. The molecule has 0 saturated carbocycles. The van der Waals surface area contributed by atoms with E-state index in [-0.39, 0.29) is 0 Å². The van der Waals surface area contributed by atoms with Crippen LogP contribution in [0, 0.1) is 13.8 Å².